The molecule has 1 rings (SSSR count). The SMILES string of the molecule is CC(C)NC(=O)CSc1ccccc1C(=O)NN(C)C. The Hall–Kier alpha value is -1.53. The van der Waals surface area contributed by atoms with E-state index in [1.54, 1.807) is 25.2 Å². The number of carbonyl (C=O) groups is 2. The molecule has 5 nitrogen and oxygen atoms in total. The number of hydrogen-bond acceptors (Lipinski definition) is 4. The monoisotopic (exact) mass is 295 g/mol. The van der Waals surface area contributed by atoms with Gasteiger partial charge in [-0.05, 0) is 26.0 Å². The second kappa shape index (κ2) is 7.91. The molecule has 2 amide bonds. The topological polar surface area (TPSA) is 61.4 Å². The van der Waals surface area contributed by atoms with E-state index in [1.807, 2.05) is 32.0 Å². The zero-order chi connectivity index (χ0) is 15.1. The third-order valence-corrected chi connectivity index (χ3v) is 3.34. The molecule has 0 saturated heterocycles. The van der Waals surface area contributed by atoms with Crippen LogP contribution in [0.1, 0.15) is 24.2 Å². The van der Waals surface area contributed by atoms with Crippen molar-refractivity contribution < 1.29 is 9.59 Å². The Balaban J connectivity index is 2.71. The van der Waals surface area contributed by atoms with Gasteiger partial charge in [0.05, 0.1) is 11.3 Å². The standard InChI is InChI=1S/C14H21N3O2S/c1-10(2)15-13(18)9-20-12-8-6-5-7-11(12)14(19)16-17(3)4/h5-8,10H,9H2,1-4H3,(H,15,18)(H,16,19). The first-order valence-electron chi connectivity index (χ1n) is 6.39. The Morgan fingerprint density at radius 1 is 1.25 bits per heavy atom. The fourth-order valence-electron chi connectivity index (χ4n) is 1.55. The predicted molar refractivity (Wildman–Crippen MR) is 81.6 cm³/mol. The average molecular weight is 295 g/mol. The summed E-state index contributed by atoms with van der Waals surface area (Å²) in [5.74, 6) is 0.0833. The van der Waals surface area contributed by atoms with Crippen molar-refractivity contribution in [3.8, 4) is 0 Å². The first-order valence-corrected chi connectivity index (χ1v) is 7.38. The second-order valence-corrected chi connectivity index (χ2v) is 5.86. The molecule has 20 heavy (non-hydrogen) atoms. The number of nitrogens with zero attached hydrogens (tertiary/aromatic N) is 1. The molecule has 2 N–H and O–H groups in total. The highest BCUT2D eigenvalue weighted by Crippen LogP contribution is 2.22. The predicted octanol–water partition coefficient (Wildman–Crippen LogP) is 1.51. The molecule has 0 radical (unpaired) electrons. The molecule has 110 valence electrons. The van der Waals surface area contributed by atoms with Crippen molar-refractivity contribution >= 4 is 23.6 Å². The zero-order valence-electron chi connectivity index (χ0n) is 12.3. The first-order chi connectivity index (χ1) is 9.40. The highest BCUT2D eigenvalue weighted by Gasteiger charge is 2.13. The Kier molecular flexibility index (Phi) is 6.54. The summed E-state index contributed by atoms with van der Waals surface area (Å²) in [6.07, 6.45) is 0. The van der Waals surface area contributed by atoms with Crippen LogP contribution in [0, 0.1) is 0 Å². The second-order valence-electron chi connectivity index (χ2n) is 4.84. The van der Waals surface area contributed by atoms with E-state index in [2.05, 4.69) is 10.7 Å². The average Bonchev–Trinajstić information content (AvgIpc) is 2.35. The van der Waals surface area contributed by atoms with Crippen LogP contribution in [0.5, 0.6) is 0 Å². The largest absolute Gasteiger partial charge is 0.353 e. The number of hydrogen-bond donors (Lipinski definition) is 2. The summed E-state index contributed by atoms with van der Waals surface area (Å²) in [7, 11) is 3.51. The van der Waals surface area contributed by atoms with Crippen LogP contribution in [0.2, 0.25) is 0 Å². The van der Waals surface area contributed by atoms with Gasteiger partial charge in [0.1, 0.15) is 0 Å². The van der Waals surface area contributed by atoms with Crippen molar-refractivity contribution in [2.24, 2.45) is 0 Å². The van der Waals surface area contributed by atoms with E-state index in [4.69, 9.17) is 0 Å². The molecule has 0 aliphatic carbocycles. The summed E-state index contributed by atoms with van der Waals surface area (Å²) in [5, 5.41) is 4.42. The number of amides is 2. The lowest BCUT2D eigenvalue weighted by molar-refractivity contribution is -0.119. The third kappa shape index (κ3) is 5.63. The first kappa shape index (κ1) is 16.5. The Morgan fingerprint density at radius 3 is 2.50 bits per heavy atom. The minimum atomic E-state index is -0.178. The van der Waals surface area contributed by atoms with Crippen molar-refractivity contribution in [2.45, 2.75) is 24.8 Å². The summed E-state index contributed by atoms with van der Waals surface area (Å²) in [5.41, 5.74) is 3.27. The summed E-state index contributed by atoms with van der Waals surface area (Å²) in [4.78, 5) is 24.5. The molecule has 0 aromatic heterocycles. The van der Waals surface area contributed by atoms with E-state index in [9.17, 15) is 9.59 Å². The fraction of sp³-hybridized carbons (Fsp3) is 0.429. The maximum atomic E-state index is 12.0. The van der Waals surface area contributed by atoms with Gasteiger partial charge >= 0.3 is 0 Å². The van der Waals surface area contributed by atoms with Crippen LogP contribution in [0.4, 0.5) is 0 Å². The molecule has 0 aliphatic heterocycles. The fourth-order valence-corrected chi connectivity index (χ4v) is 2.41. The van der Waals surface area contributed by atoms with Crippen molar-refractivity contribution in [1.29, 1.82) is 0 Å². The molecule has 1 aromatic rings. The number of carbonyl (C=O) groups excluding carboxylic acids is 2. The summed E-state index contributed by atoms with van der Waals surface area (Å²) in [6, 6.07) is 7.38. The maximum absolute atomic E-state index is 12.0. The highest BCUT2D eigenvalue weighted by molar-refractivity contribution is 8.00. The molecule has 1 aromatic carbocycles. The van der Waals surface area contributed by atoms with Crippen LogP contribution in [0.15, 0.2) is 29.2 Å². The van der Waals surface area contributed by atoms with Gasteiger partial charge in [-0.15, -0.1) is 11.8 Å². The Bertz CT molecular complexity index is 475. The lowest BCUT2D eigenvalue weighted by Gasteiger charge is -2.14. The molecule has 0 unspecified atom stereocenters. The van der Waals surface area contributed by atoms with E-state index >= 15 is 0 Å². The lowest BCUT2D eigenvalue weighted by atomic mass is 10.2. The Labute approximate surface area is 124 Å². The van der Waals surface area contributed by atoms with Crippen molar-refractivity contribution in [3.05, 3.63) is 29.8 Å². The molecular formula is C14H21N3O2S. The summed E-state index contributed by atoms with van der Waals surface area (Å²) in [6.45, 7) is 3.84. The van der Waals surface area contributed by atoms with Gasteiger partial charge in [-0.1, -0.05) is 12.1 Å². The zero-order valence-corrected chi connectivity index (χ0v) is 13.1. The molecule has 0 aliphatic rings. The van der Waals surface area contributed by atoms with Crippen molar-refractivity contribution in [3.63, 3.8) is 0 Å². The molecule has 0 spiro atoms. The van der Waals surface area contributed by atoms with E-state index in [0.717, 1.165) is 4.90 Å². The molecule has 6 heteroatoms. The number of benzene rings is 1. The minimum Gasteiger partial charge on any atom is -0.353 e. The number of nitrogens with one attached hydrogen (secondary N) is 2. The smallest absolute Gasteiger partial charge is 0.266 e. The summed E-state index contributed by atoms with van der Waals surface area (Å²) >= 11 is 1.36. The molecule has 0 atom stereocenters. The van der Waals surface area contributed by atoms with Crippen LogP contribution in [0.3, 0.4) is 0 Å². The molecule has 0 heterocycles. The number of hydrazine groups is 1. The van der Waals surface area contributed by atoms with Gasteiger partial charge in [0.2, 0.25) is 5.91 Å². The molecular weight excluding hydrogens is 274 g/mol. The molecule has 0 saturated carbocycles. The van der Waals surface area contributed by atoms with E-state index in [1.165, 1.54) is 11.8 Å². The Morgan fingerprint density at radius 2 is 1.90 bits per heavy atom. The van der Waals surface area contributed by atoms with E-state index < -0.39 is 0 Å². The van der Waals surface area contributed by atoms with Gasteiger partial charge in [0.25, 0.3) is 5.91 Å². The van der Waals surface area contributed by atoms with Gasteiger partial charge in [-0.3, -0.25) is 15.0 Å². The highest BCUT2D eigenvalue weighted by atomic mass is 32.2. The van der Waals surface area contributed by atoms with Crippen molar-refractivity contribution in [2.75, 3.05) is 19.8 Å². The van der Waals surface area contributed by atoms with Crippen LogP contribution in [-0.4, -0.2) is 42.7 Å². The van der Waals surface area contributed by atoms with Gasteiger partial charge in [0, 0.05) is 25.0 Å². The van der Waals surface area contributed by atoms with Gasteiger partial charge < -0.3 is 5.32 Å². The number of rotatable bonds is 6. The minimum absolute atomic E-state index is 0.0344. The van der Waals surface area contributed by atoms with Crippen LogP contribution in [0.25, 0.3) is 0 Å². The van der Waals surface area contributed by atoms with E-state index in [-0.39, 0.29) is 17.9 Å². The van der Waals surface area contributed by atoms with Gasteiger partial charge in [-0.2, -0.15) is 0 Å². The molecule has 0 fully saturated rings. The van der Waals surface area contributed by atoms with Crippen molar-refractivity contribution in [1.82, 2.24) is 15.8 Å². The van der Waals surface area contributed by atoms with Gasteiger partial charge in [-0.25, -0.2) is 5.01 Å². The quantitative estimate of drug-likeness (QED) is 0.617. The third-order valence-electron chi connectivity index (χ3n) is 2.27. The lowest BCUT2D eigenvalue weighted by Crippen LogP contribution is -2.36. The van der Waals surface area contributed by atoms with Crippen LogP contribution in [-0.2, 0) is 4.79 Å². The van der Waals surface area contributed by atoms with Crippen LogP contribution < -0.4 is 10.7 Å². The normalized spacial score (nSPS) is 10.7. The number of thioether (sulfide) groups is 1. The van der Waals surface area contributed by atoms with Gasteiger partial charge in [0.15, 0.2) is 0 Å². The van der Waals surface area contributed by atoms with Crippen LogP contribution >= 0.6 is 11.8 Å². The van der Waals surface area contributed by atoms with E-state index in [0.29, 0.717) is 11.3 Å². The molecule has 0 bridgehead atoms. The summed E-state index contributed by atoms with van der Waals surface area (Å²) < 4.78 is 0. The maximum Gasteiger partial charge on any atom is 0.266 e.